The third-order valence-electron chi connectivity index (χ3n) is 4.44. The topological polar surface area (TPSA) is 0 Å². The van der Waals surface area contributed by atoms with Gasteiger partial charge < -0.3 is 0 Å². The van der Waals surface area contributed by atoms with Crippen LogP contribution < -0.4 is 0 Å². The first-order chi connectivity index (χ1) is 9.49. The fraction of sp³-hybridized carbons (Fsp3) is 0.700. The Morgan fingerprint density at radius 2 is 2.10 bits per heavy atom. The van der Waals surface area contributed by atoms with Crippen LogP contribution in [0.2, 0.25) is 0 Å². The van der Waals surface area contributed by atoms with E-state index in [0.717, 1.165) is 17.8 Å². The van der Waals surface area contributed by atoms with Crippen LogP contribution in [0.15, 0.2) is 36.5 Å². The standard InChI is InChI=1S/C20H34/c1-16(2)13-14-20(17(3)4)12-8-11-19-10-7-6-9-18(5)15-19/h6,8-9,12,16,18-20H,3,7,10-11,13-15H2,1-2,4-5H3. The van der Waals surface area contributed by atoms with Crippen molar-refractivity contribution in [3.63, 3.8) is 0 Å². The fourth-order valence-corrected chi connectivity index (χ4v) is 3.05. The second-order valence-electron chi connectivity index (χ2n) is 7.17. The maximum absolute atomic E-state index is 4.16. The van der Waals surface area contributed by atoms with E-state index in [-0.39, 0.29) is 0 Å². The van der Waals surface area contributed by atoms with Gasteiger partial charge in [0.05, 0.1) is 0 Å². The van der Waals surface area contributed by atoms with Gasteiger partial charge >= 0.3 is 0 Å². The molecule has 0 heterocycles. The van der Waals surface area contributed by atoms with Crippen molar-refractivity contribution in [2.75, 3.05) is 0 Å². The van der Waals surface area contributed by atoms with Crippen molar-refractivity contribution >= 4 is 0 Å². The molecule has 0 aromatic rings. The quantitative estimate of drug-likeness (QED) is 0.461. The normalized spacial score (nSPS) is 25.1. The predicted molar refractivity (Wildman–Crippen MR) is 91.8 cm³/mol. The van der Waals surface area contributed by atoms with Crippen LogP contribution in [0.4, 0.5) is 0 Å². The van der Waals surface area contributed by atoms with E-state index in [4.69, 9.17) is 0 Å². The Bertz CT molecular complexity index is 332. The summed E-state index contributed by atoms with van der Waals surface area (Å²) in [5.74, 6) is 3.00. The molecule has 0 amide bonds. The average Bonchev–Trinajstić information content (AvgIpc) is 2.57. The summed E-state index contributed by atoms with van der Waals surface area (Å²) in [6.07, 6.45) is 17.4. The van der Waals surface area contributed by atoms with E-state index in [1.165, 1.54) is 44.1 Å². The zero-order valence-electron chi connectivity index (χ0n) is 14.1. The van der Waals surface area contributed by atoms with Gasteiger partial charge in [-0.3, -0.25) is 0 Å². The number of allylic oxidation sites excluding steroid dienone is 5. The molecule has 20 heavy (non-hydrogen) atoms. The zero-order chi connectivity index (χ0) is 15.0. The Hall–Kier alpha value is -0.780. The second kappa shape index (κ2) is 9.21. The highest BCUT2D eigenvalue weighted by molar-refractivity contribution is 5.07. The summed E-state index contributed by atoms with van der Waals surface area (Å²) in [7, 11) is 0. The first-order valence-corrected chi connectivity index (χ1v) is 8.47. The molecule has 0 saturated carbocycles. The van der Waals surface area contributed by atoms with E-state index in [2.05, 4.69) is 58.6 Å². The molecule has 114 valence electrons. The smallest absolute Gasteiger partial charge is 0.00286 e. The maximum atomic E-state index is 4.16. The summed E-state index contributed by atoms with van der Waals surface area (Å²) >= 11 is 0. The molecule has 0 aromatic carbocycles. The predicted octanol–water partition coefficient (Wildman–Crippen LogP) is 6.55. The van der Waals surface area contributed by atoms with E-state index in [0.29, 0.717) is 5.92 Å². The molecule has 0 N–H and O–H groups in total. The van der Waals surface area contributed by atoms with Gasteiger partial charge in [-0.2, -0.15) is 0 Å². The first kappa shape index (κ1) is 17.3. The SMILES string of the molecule is C=C(C)C(C=CCC1CCC=CC(C)C1)CCC(C)C. The van der Waals surface area contributed by atoms with Crippen molar-refractivity contribution in [3.05, 3.63) is 36.5 Å². The molecule has 0 aromatic heterocycles. The van der Waals surface area contributed by atoms with E-state index >= 15 is 0 Å². The van der Waals surface area contributed by atoms with E-state index in [1.54, 1.807) is 0 Å². The molecule has 1 rings (SSSR count). The summed E-state index contributed by atoms with van der Waals surface area (Å²) in [6.45, 7) is 13.3. The average molecular weight is 274 g/mol. The highest BCUT2D eigenvalue weighted by Gasteiger charge is 2.13. The van der Waals surface area contributed by atoms with Gasteiger partial charge in [-0.15, -0.1) is 0 Å². The van der Waals surface area contributed by atoms with Crippen molar-refractivity contribution in [3.8, 4) is 0 Å². The molecule has 0 nitrogen and oxygen atoms in total. The van der Waals surface area contributed by atoms with E-state index in [9.17, 15) is 0 Å². The van der Waals surface area contributed by atoms with Crippen LogP contribution in [0, 0.1) is 23.7 Å². The molecular formula is C20H34. The third-order valence-corrected chi connectivity index (χ3v) is 4.44. The molecule has 1 aliphatic carbocycles. The Balaban J connectivity index is 2.41. The van der Waals surface area contributed by atoms with Crippen LogP contribution in [-0.4, -0.2) is 0 Å². The minimum Gasteiger partial charge on any atom is -0.0995 e. The lowest BCUT2D eigenvalue weighted by Crippen LogP contribution is -2.03. The van der Waals surface area contributed by atoms with Crippen LogP contribution in [0.25, 0.3) is 0 Å². The highest BCUT2D eigenvalue weighted by Crippen LogP contribution is 2.27. The summed E-state index contributed by atoms with van der Waals surface area (Å²) in [5, 5.41) is 0. The minimum atomic E-state index is 0.582. The summed E-state index contributed by atoms with van der Waals surface area (Å²) in [4.78, 5) is 0. The summed E-state index contributed by atoms with van der Waals surface area (Å²) < 4.78 is 0. The van der Waals surface area contributed by atoms with Gasteiger partial charge in [-0.05, 0) is 62.7 Å². The lowest BCUT2D eigenvalue weighted by Gasteiger charge is -2.17. The van der Waals surface area contributed by atoms with Gasteiger partial charge in [0.15, 0.2) is 0 Å². The van der Waals surface area contributed by atoms with Crippen molar-refractivity contribution in [1.29, 1.82) is 0 Å². The van der Waals surface area contributed by atoms with Gasteiger partial charge in [0.2, 0.25) is 0 Å². The Kier molecular flexibility index (Phi) is 7.95. The zero-order valence-corrected chi connectivity index (χ0v) is 14.1. The van der Waals surface area contributed by atoms with Crippen molar-refractivity contribution in [1.82, 2.24) is 0 Å². The van der Waals surface area contributed by atoms with Gasteiger partial charge in [-0.25, -0.2) is 0 Å². The molecule has 0 saturated heterocycles. The Labute approximate surface area is 127 Å². The summed E-state index contributed by atoms with van der Waals surface area (Å²) in [6, 6.07) is 0. The van der Waals surface area contributed by atoms with Gasteiger partial charge in [0.1, 0.15) is 0 Å². The minimum absolute atomic E-state index is 0.582. The van der Waals surface area contributed by atoms with Crippen LogP contribution in [0.5, 0.6) is 0 Å². The Morgan fingerprint density at radius 3 is 2.75 bits per heavy atom. The molecule has 3 atom stereocenters. The second-order valence-corrected chi connectivity index (χ2v) is 7.17. The molecule has 0 bridgehead atoms. The molecule has 0 spiro atoms. The monoisotopic (exact) mass is 274 g/mol. The number of hydrogen-bond acceptors (Lipinski definition) is 0. The Morgan fingerprint density at radius 1 is 1.35 bits per heavy atom. The van der Waals surface area contributed by atoms with Crippen LogP contribution in [-0.2, 0) is 0 Å². The molecule has 0 heteroatoms. The van der Waals surface area contributed by atoms with Crippen molar-refractivity contribution in [2.24, 2.45) is 23.7 Å². The van der Waals surface area contributed by atoms with Gasteiger partial charge in [0.25, 0.3) is 0 Å². The van der Waals surface area contributed by atoms with Gasteiger partial charge in [-0.1, -0.05) is 63.6 Å². The van der Waals surface area contributed by atoms with Crippen LogP contribution in [0.1, 0.15) is 66.2 Å². The maximum Gasteiger partial charge on any atom is -0.00286 e. The van der Waals surface area contributed by atoms with Crippen LogP contribution in [0.3, 0.4) is 0 Å². The van der Waals surface area contributed by atoms with Gasteiger partial charge in [0, 0.05) is 0 Å². The van der Waals surface area contributed by atoms with Crippen molar-refractivity contribution < 1.29 is 0 Å². The summed E-state index contributed by atoms with van der Waals surface area (Å²) in [5.41, 5.74) is 1.32. The molecule has 0 radical (unpaired) electrons. The number of rotatable bonds is 7. The van der Waals surface area contributed by atoms with E-state index in [1.807, 2.05) is 0 Å². The fourth-order valence-electron chi connectivity index (χ4n) is 3.05. The van der Waals surface area contributed by atoms with Crippen LogP contribution >= 0.6 is 0 Å². The first-order valence-electron chi connectivity index (χ1n) is 8.47. The largest absolute Gasteiger partial charge is 0.0995 e. The molecular weight excluding hydrogens is 240 g/mol. The third kappa shape index (κ3) is 7.12. The number of hydrogen-bond donors (Lipinski definition) is 0. The lowest BCUT2D eigenvalue weighted by molar-refractivity contribution is 0.423. The molecule has 0 aliphatic heterocycles. The molecule has 1 aliphatic rings. The van der Waals surface area contributed by atoms with E-state index < -0.39 is 0 Å². The molecule has 0 fully saturated rings. The molecule has 3 unspecified atom stereocenters. The lowest BCUT2D eigenvalue weighted by atomic mass is 9.89. The van der Waals surface area contributed by atoms with Crippen molar-refractivity contribution in [2.45, 2.75) is 66.2 Å². The highest BCUT2D eigenvalue weighted by atomic mass is 14.2.